The van der Waals surface area contributed by atoms with Crippen molar-refractivity contribution in [2.24, 2.45) is 0 Å². The smallest absolute Gasteiger partial charge is 0.138 e. The van der Waals surface area contributed by atoms with Gasteiger partial charge in [-0.1, -0.05) is 16.1 Å². The lowest BCUT2D eigenvalue weighted by Gasteiger charge is -2.26. The van der Waals surface area contributed by atoms with E-state index in [4.69, 9.17) is 16.3 Å². The van der Waals surface area contributed by atoms with Gasteiger partial charge in [0.05, 0.1) is 13.2 Å². The van der Waals surface area contributed by atoms with Crippen molar-refractivity contribution in [1.82, 2.24) is 14.5 Å². The Morgan fingerprint density at radius 3 is 2.94 bits per heavy atom. The molecule has 7 heteroatoms. The van der Waals surface area contributed by atoms with Crippen molar-refractivity contribution in [3.8, 4) is 0 Å². The minimum atomic E-state index is 0.721. The zero-order valence-corrected chi connectivity index (χ0v) is 11.3. The van der Waals surface area contributed by atoms with E-state index in [1.165, 1.54) is 11.5 Å². The molecule has 0 bridgehead atoms. The first-order valence-corrected chi connectivity index (χ1v) is 7.51. The van der Waals surface area contributed by atoms with Crippen LogP contribution in [0.4, 0.5) is 0 Å². The van der Waals surface area contributed by atoms with Gasteiger partial charge in [-0.2, -0.15) is 11.8 Å². The summed E-state index contributed by atoms with van der Waals surface area (Å²) >= 11 is 9.03. The van der Waals surface area contributed by atoms with Gasteiger partial charge < -0.3 is 4.74 Å². The lowest BCUT2D eigenvalue weighted by Crippen LogP contribution is -2.37. The highest BCUT2D eigenvalue weighted by molar-refractivity contribution is 7.98. The monoisotopic (exact) mass is 279 g/mol. The van der Waals surface area contributed by atoms with Gasteiger partial charge in [0.2, 0.25) is 0 Å². The van der Waals surface area contributed by atoms with Gasteiger partial charge in [0.1, 0.15) is 10.0 Å². The summed E-state index contributed by atoms with van der Waals surface area (Å²) in [5.74, 6) is 1.97. The van der Waals surface area contributed by atoms with Crippen molar-refractivity contribution < 1.29 is 4.74 Å². The Hall–Kier alpha value is 0.120. The molecule has 90 valence electrons. The summed E-state index contributed by atoms with van der Waals surface area (Å²) in [4.78, 5) is 2.43. The number of nitrogens with zero attached hydrogens (tertiary/aromatic N) is 3. The van der Waals surface area contributed by atoms with Crippen LogP contribution in [0.1, 0.15) is 5.69 Å². The minimum absolute atomic E-state index is 0.721. The Kier molecular flexibility index (Phi) is 5.31. The number of thioether (sulfide) groups is 1. The average Bonchev–Trinajstić information content (AvgIpc) is 2.72. The normalized spacial score (nSPS) is 17.8. The number of morpholine rings is 1. The fourth-order valence-electron chi connectivity index (χ4n) is 1.47. The molecule has 0 atom stereocenters. The lowest BCUT2D eigenvalue weighted by molar-refractivity contribution is 0.0410. The van der Waals surface area contributed by atoms with Crippen molar-refractivity contribution in [3.05, 3.63) is 10.0 Å². The molecule has 0 unspecified atom stereocenters. The lowest BCUT2D eigenvalue weighted by atomic mass is 10.4. The SMILES string of the molecule is Clc1snnc1CSCCN1CCOCC1. The van der Waals surface area contributed by atoms with Crippen molar-refractivity contribution >= 4 is 34.9 Å². The van der Waals surface area contributed by atoms with Crippen LogP contribution >= 0.6 is 34.9 Å². The standard InChI is InChI=1S/C9H14ClN3OS2/c10-9-8(11-12-16-9)7-15-6-3-13-1-4-14-5-2-13/h1-7H2. The summed E-state index contributed by atoms with van der Waals surface area (Å²) in [7, 11) is 0. The molecule has 1 aliphatic rings. The van der Waals surface area contributed by atoms with E-state index in [-0.39, 0.29) is 0 Å². The maximum atomic E-state index is 5.92. The van der Waals surface area contributed by atoms with Crippen LogP contribution in [0.3, 0.4) is 0 Å². The second-order valence-corrected chi connectivity index (χ2v) is 5.96. The predicted octanol–water partition coefficient (Wildman–Crippen LogP) is 1.76. The van der Waals surface area contributed by atoms with Crippen LogP contribution in [-0.2, 0) is 10.5 Å². The summed E-state index contributed by atoms with van der Waals surface area (Å²) in [6.07, 6.45) is 0. The molecule has 0 spiro atoms. The molecule has 1 aliphatic heterocycles. The first-order valence-electron chi connectivity index (χ1n) is 5.21. The van der Waals surface area contributed by atoms with Crippen LogP contribution in [0, 0.1) is 0 Å². The largest absolute Gasteiger partial charge is 0.379 e. The Labute approximate surface area is 108 Å². The zero-order chi connectivity index (χ0) is 11.2. The third kappa shape index (κ3) is 3.85. The Morgan fingerprint density at radius 1 is 1.44 bits per heavy atom. The number of hydrogen-bond acceptors (Lipinski definition) is 6. The molecule has 4 nitrogen and oxygen atoms in total. The van der Waals surface area contributed by atoms with Crippen LogP contribution in [0.5, 0.6) is 0 Å². The topological polar surface area (TPSA) is 38.2 Å². The van der Waals surface area contributed by atoms with Gasteiger partial charge in [-0.05, 0) is 0 Å². The van der Waals surface area contributed by atoms with Crippen molar-refractivity contribution in [2.45, 2.75) is 5.75 Å². The van der Waals surface area contributed by atoms with Gasteiger partial charge in [0.25, 0.3) is 0 Å². The fourth-order valence-corrected chi connectivity index (χ4v) is 3.19. The van der Waals surface area contributed by atoms with E-state index in [9.17, 15) is 0 Å². The Balaban J connectivity index is 1.59. The molecule has 2 heterocycles. The number of ether oxygens (including phenoxy) is 1. The van der Waals surface area contributed by atoms with Crippen molar-refractivity contribution in [1.29, 1.82) is 0 Å². The minimum Gasteiger partial charge on any atom is -0.379 e. The highest BCUT2D eigenvalue weighted by atomic mass is 35.5. The van der Waals surface area contributed by atoms with Gasteiger partial charge in [0.15, 0.2) is 0 Å². The molecule has 1 saturated heterocycles. The van der Waals surface area contributed by atoms with E-state index < -0.39 is 0 Å². The third-order valence-corrected chi connectivity index (χ3v) is 4.34. The van der Waals surface area contributed by atoms with Crippen LogP contribution in [-0.4, -0.2) is 53.1 Å². The summed E-state index contributed by atoms with van der Waals surface area (Å²) < 4.78 is 9.83. The number of aromatic nitrogens is 2. The quantitative estimate of drug-likeness (QED) is 0.768. The van der Waals surface area contributed by atoms with E-state index in [0.29, 0.717) is 0 Å². The van der Waals surface area contributed by atoms with Gasteiger partial charge in [-0.3, -0.25) is 4.90 Å². The van der Waals surface area contributed by atoms with E-state index in [0.717, 1.165) is 54.4 Å². The number of rotatable bonds is 5. The first kappa shape index (κ1) is 12.6. The van der Waals surface area contributed by atoms with E-state index in [2.05, 4.69) is 14.5 Å². The van der Waals surface area contributed by atoms with Crippen LogP contribution < -0.4 is 0 Å². The van der Waals surface area contributed by atoms with Gasteiger partial charge in [-0.15, -0.1) is 5.10 Å². The maximum Gasteiger partial charge on any atom is 0.138 e. The van der Waals surface area contributed by atoms with Crippen LogP contribution in [0.2, 0.25) is 4.34 Å². The molecule has 1 aromatic heterocycles. The van der Waals surface area contributed by atoms with Crippen LogP contribution in [0.25, 0.3) is 0 Å². The molecule has 2 rings (SSSR count). The molecule has 0 aromatic carbocycles. The maximum absolute atomic E-state index is 5.92. The molecule has 0 N–H and O–H groups in total. The molecular formula is C9H14ClN3OS2. The van der Waals surface area contributed by atoms with Gasteiger partial charge in [0, 0.05) is 42.7 Å². The van der Waals surface area contributed by atoms with E-state index in [1.54, 1.807) is 0 Å². The molecule has 1 aromatic rings. The van der Waals surface area contributed by atoms with Crippen LogP contribution in [0.15, 0.2) is 0 Å². The van der Waals surface area contributed by atoms with Gasteiger partial charge in [-0.25, -0.2) is 0 Å². The van der Waals surface area contributed by atoms with Crippen molar-refractivity contribution in [2.75, 3.05) is 38.6 Å². The summed E-state index contributed by atoms with van der Waals surface area (Å²) in [5, 5.41) is 3.98. The molecule has 0 saturated carbocycles. The highest BCUT2D eigenvalue weighted by Gasteiger charge is 2.10. The molecule has 0 radical (unpaired) electrons. The Morgan fingerprint density at radius 2 is 2.25 bits per heavy atom. The average molecular weight is 280 g/mol. The second-order valence-electron chi connectivity index (χ2n) is 3.50. The fraction of sp³-hybridized carbons (Fsp3) is 0.778. The van der Waals surface area contributed by atoms with Gasteiger partial charge >= 0.3 is 0 Å². The molecule has 1 fully saturated rings. The second kappa shape index (κ2) is 6.76. The summed E-state index contributed by atoms with van der Waals surface area (Å²) in [6, 6.07) is 0. The summed E-state index contributed by atoms with van der Waals surface area (Å²) in [5.41, 5.74) is 0.915. The van der Waals surface area contributed by atoms with E-state index in [1.807, 2.05) is 11.8 Å². The first-order chi connectivity index (χ1) is 7.86. The number of halogens is 1. The molecule has 16 heavy (non-hydrogen) atoms. The number of hydrogen-bond donors (Lipinski definition) is 0. The highest BCUT2D eigenvalue weighted by Crippen LogP contribution is 2.21. The third-order valence-electron chi connectivity index (χ3n) is 2.40. The summed E-state index contributed by atoms with van der Waals surface area (Å²) in [6.45, 7) is 4.96. The predicted molar refractivity (Wildman–Crippen MR) is 68.3 cm³/mol. The molecular weight excluding hydrogens is 266 g/mol. The zero-order valence-electron chi connectivity index (χ0n) is 8.89. The van der Waals surface area contributed by atoms with E-state index >= 15 is 0 Å². The molecule has 0 aliphatic carbocycles. The van der Waals surface area contributed by atoms with Crippen molar-refractivity contribution in [3.63, 3.8) is 0 Å². The molecule has 0 amide bonds. The Bertz CT molecular complexity index is 317.